The monoisotopic (exact) mass is 596 g/mol. The SMILES string of the molecule is CO[C@@]12[C@H](COC(N)=O)C3=C(C(=O)C(C)=C(N)C3=O)N1C[C@H]1[C@@H]2N1C(=O)OCCSSCCN1CCN(C)CC1. The largest absolute Gasteiger partial charge is 0.449 e. The van der Waals surface area contributed by atoms with Crippen LogP contribution in [0.25, 0.3) is 0 Å². The molecule has 0 saturated carbocycles. The van der Waals surface area contributed by atoms with Crippen molar-refractivity contribution >= 4 is 45.3 Å². The average Bonchev–Trinajstić information content (AvgIpc) is 3.44. The number of amides is 2. The fourth-order valence-electron chi connectivity index (χ4n) is 6.32. The van der Waals surface area contributed by atoms with Crippen molar-refractivity contribution in [1.82, 2.24) is 19.6 Å². The molecule has 0 aromatic rings. The highest BCUT2D eigenvalue weighted by atomic mass is 33.1. The van der Waals surface area contributed by atoms with Crippen LogP contribution in [0.4, 0.5) is 9.59 Å². The summed E-state index contributed by atoms with van der Waals surface area (Å²) in [5.41, 5.74) is 10.2. The number of ketones is 2. The molecule has 4 heterocycles. The third-order valence-corrected chi connectivity index (χ3v) is 10.8. The number of primary amides is 1. The van der Waals surface area contributed by atoms with Crippen molar-refractivity contribution in [3.05, 3.63) is 22.5 Å². The average molecular weight is 597 g/mol. The number of carbonyl (C=O) groups is 4. The number of hydrogen-bond acceptors (Lipinski definition) is 13. The van der Waals surface area contributed by atoms with Crippen LogP contribution >= 0.6 is 21.6 Å². The summed E-state index contributed by atoms with van der Waals surface area (Å²) in [6.45, 7) is 7.15. The smallest absolute Gasteiger partial charge is 0.410 e. The van der Waals surface area contributed by atoms with E-state index in [0.717, 1.165) is 38.5 Å². The molecule has 13 nitrogen and oxygen atoms in total. The van der Waals surface area contributed by atoms with Gasteiger partial charge in [0, 0.05) is 69.0 Å². The number of likely N-dealkylation sites (N-methyl/N-ethyl adjacent to an activating group) is 1. The minimum absolute atomic E-state index is 0.125. The lowest BCUT2D eigenvalue weighted by molar-refractivity contribution is -0.144. The second-order valence-corrected chi connectivity index (χ2v) is 13.2. The van der Waals surface area contributed by atoms with Crippen LogP contribution in [0.1, 0.15) is 6.92 Å². The number of Topliss-reactive ketones (excluding diaryl/α,β-unsaturated/α-hetero) is 2. The molecule has 1 aliphatic carbocycles. The van der Waals surface area contributed by atoms with Gasteiger partial charge in [0.1, 0.15) is 19.3 Å². The molecule has 0 aromatic carbocycles. The molecular formula is C25H36N6O7S2. The minimum Gasteiger partial charge on any atom is -0.449 e. The third-order valence-electron chi connectivity index (χ3n) is 8.46. The van der Waals surface area contributed by atoms with Crippen molar-refractivity contribution in [3.8, 4) is 0 Å². The predicted octanol–water partition coefficient (Wildman–Crippen LogP) is -0.173. The van der Waals surface area contributed by atoms with Crippen LogP contribution in [-0.4, -0.2) is 139 Å². The van der Waals surface area contributed by atoms with Crippen LogP contribution in [0.2, 0.25) is 0 Å². The first-order valence-electron chi connectivity index (χ1n) is 13.3. The van der Waals surface area contributed by atoms with Gasteiger partial charge in [-0.3, -0.25) is 19.4 Å². The second kappa shape index (κ2) is 11.4. The first kappa shape index (κ1) is 29.0. The Morgan fingerprint density at radius 2 is 1.77 bits per heavy atom. The lowest BCUT2D eigenvalue weighted by Crippen LogP contribution is -2.56. The molecule has 0 spiro atoms. The third kappa shape index (κ3) is 4.85. The number of carbonyl (C=O) groups excluding carboxylic acids is 4. The van der Waals surface area contributed by atoms with Gasteiger partial charge in [-0.05, 0) is 14.0 Å². The minimum atomic E-state index is -1.30. The highest BCUT2D eigenvalue weighted by Crippen LogP contribution is 2.59. The van der Waals surface area contributed by atoms with Crippen molar-refractivity contribution in [1.29, 1.82) is 0 Å². The molecule has 5 rings (SSSR count). The van der Waals surface area contributed by atoms with E-state index < -0.39 is 35.7 Å². The molecule has 0 aromatic heterocycles. The van der Waals surface area contributed by atoms with Gasteiger partial charge in [0.15, 0.2) is 5.72 Å². The van der Waals surface area contributed by atoms with Crippen LogP contribution in [0.3, 0.4) is 0 Å². The molecule has 15 heteroatoms. The van der Waals surface area contributed by atoms with Gasteiger partial charge >= 0.3 is 12.2 Å². The summed E-state index contributed by atoms with van der Waals surface area (Å²) in [5, 5.41) is 0. The van der Waals surface area contributed by atoms with E-state index >= 15 is 0 Å². The van der Waals surface area contributed by atoms with Crippen LogP contribution in [0.5, 0.6) is 0 Å². The van der Waals surface area contributed by atoms with Crippen molar-refractivity contribution in [2.24, 2.45) is 17.4 Å². The van der Waals surface area contributed by atoms with Crippen LogP contribution in [-0.2, 0) is 23.8 Å². The number of piperazine rings is 2. The lowest BCUT2D eigenvalue weighted by atomic mass is 9.82. The molecule has 4 aliphatic heterocycles. The molecular weight excluding hydrogens is 560 g/mol. The second-order valence-electron chi connectivity index (χ2n) is 10.5. The number of nitrogens with two attached hydrogens (primary N) is 2. The standard InChI is InChI=1S/C25H36N6O7S2/c1-14-18(26)21(33)17-15(13-38-23(27)34)25(36-3)22-16(12-30(25)19(17)20(14)32)31(22)24(35)37-9-11-40-39-10-8-29-6-4-28(2)5-7-29/h15-16,22H,4-13,26H2,1-3H3,(H2,27,34)/t15-,16+,22+,25-,31?/m1/s1. The van der Waals surface area contributed by atoms with Crippen LogP contribution < -0.4 is 11.5 Å². The molecule has 40 heavy (non-hydrogen) atoms. The van der Waals surface area contributed by atoms with Gasteiger partial charge in [-0.25, -0.2) is 9.59 Å². The summed E-state index contributed by atoms with van der Waals surface area (Å²) in [7, 11) is 7.03. The zero-order valence-electron chi connectivity index (χ0n) is 22.9. The Hall–Kier alpha value is -2.46. The van der Waals surface area contributed by atoms with Crippen molar-refractivity contribution in [3.63, 3.8) is 0 Å². The van der Waals surface area contributed by atoms with E-state index in [4.69, 9.17) is 25.7 Å². The number of allylic oxidation sites excluding steroid dienone is 2. The Labute approximate surface area is 240 Å². The summed E-state index contributed by atoms with van der Waals surface area (Å²) in [6.07, 6.45) is -1.51. The Morgan fingerprint density at radius 1 is 1.07 bits per heavy atom. The molecule has 4 N–H and O–H groups in total. The number of rotatable bonds is 10. The van der Waals surface area contributed by atoms with Crippen molar-refractivity contribution in [2.45, 2.75) is 24.7 Å². The van der Waals surface area contributed by atoms with Crippen LogP contribution in [0, 0.1) is 5.92 Å². The molecule has 5 aliphatic rings. The van der Waals surface area contributed by atoms with E-state index in [1.165, 1.54) is 14.0 Å². The summed E-state index contributed by atoms with van der Waals surface area (Å²) in [5.74, 6) is -0.101. The van der Waals surface area contributed by atoms with E-state index in [1.54, 1.807) is 31.4 Å². The van der Waals surface area contributed by atoms with E-state index in [2.05, 4.69) is 16.8 Å². The fraction of sp³-hybridized carbons (Fsp3) is 0.680. The van der Waals surface area contributed by atoms with E-state index in [9.17, 15) is 19.2 Å². The lowest BCUT2D eigenvalue weighted by Gasteiger charge is -2.40. The highest BCUT2D eigenvalue weighted by molar-refractivity contribution is 8.76. The quantitative estimate of drug-likeness (QED) is 0.148. The van der Waals surface area contributed by atoms with Gasteiger partial charge < -0.3 is 35.5 Å². The molecule has 0 unspecified atom stereocenters. The molecule has 220 valence electrons. The number of hydrogen-bond donors (Lipinski definition) is 2. The zero-order valence-corrected chi connectivity index (χ0v) is 24.6. The molecule has 3 fully saturated rings. The number of ether oxygens (including phenoxy) is 3. The normalized spacial score (nSPS) is 30.0. The number of nitrogens with zero attached hydrogens (tertiary/aromatic N) is 4. The maximum absolute atomic E-state index is 13.2. The molecule has 0 radical (unpaired) electrons. The Kier molecular flexibility index (Phi) is 8.30. The number of fused-ring (bicyclic) bond motifs is 4. The van der Waals surface area contributed by atoms with Gasteiger partial charge in [-0.2, -0.15) is 0 Å². The molecule has 3 saturated heterocycles. The van der Waals surface area contributed by atoms with Gasteiger partial charge in [-0.1, -0.05) is 21.6 Å². The molecule has 4 atom stereocenters. The summed E-state index contributed by atoms with van der Waals surface area (Å²) >= 11 is 0. The van der Waals surface area contributed by atoms with E-state index in [1.807, 2.05) is 0 Å². The van der Waals surface area contributed by atoms with E-state index in [-0.39, 0.29) is 54.1 Å². The van der Waals surface area contributed by atoms with Gasteiger partial charge in [0.05, 0.1) is 23.4 Å². The maximum atomic E-state index is 13.2. The highest BCUT2D eigenvalue weighted by Gasteiger charge is 2.78. The zero-order chi connectivity index (χ0) is 28.8. The molecule has 0 bridgehead atoms. The van der Waals surface area contributed by atoms with Crippen molar-refractivity contribution < 1.29 is 33.4 Å². The first-order valence-corrected chi connectivity index (χ1v) is 15.8. The summed E-state index contributed by atoms with van der Waals surface area (Å²) < 4.78 is 16.7. The Balaban J connectivity index is 1.18. The molecule has 2 amide bonds. The fourth-order valence-corrected chi connectivity index (χ4v) is 8.17. The topological polar surface area (TPSA) is 161 Å². The summed E-state index contributed by atoms with van der Waals surface area (Å²) in [6, 6.07) is -0.792. The Bertz CT molecular complexity index is 1160. The summed E-state index contributed by atoms with van der Waals surface area (Å²) in [4.78, 5) is 59.1. The van der Waals surface area contributed by atoms with Gasteiger partial charge in [0.25, 0.3) is 0 Å². The van der Waals surface area contributed by atoms with Gasteiger partial charge in [0.2, 0.25) is 11.6 Å². The maximum Gasteiger partial charge on any atom is 0.410 e. The number of methoxy groups -OCH3 is 1. The first-order chi connectivity index (χ1) is 19.1. The van der Waals surface area contributed by atoms with Crippen LogP contribution in [0.15, 0.2) is 22.5 Å². The van der Waals surface area contributed by atoms with E-state index in [0.29, 0.717) is 5.75 Å². The van der Waals surface area contributed by atoms with Gasteiger partial charge in [-0.15, -0.1) is 0 Å². The Morgan fingerprint density at radius 3 is 2.45 bits per heavy atom. The predicted molar refractivity (Wildman–Crippen MR) is 149 cm³/mol. The van der Waals surface area contributed by atoms with Crippen molar-refractivity contribution in [2.75, 3.05) is 78.1 Å².